The molecule has 0 aliphatic heterocycles. The molecule has 0 aliphatic rings. The molecule has 0 fully saturated rings. The number of thioether (sulfide) groups is 1. The van der Waals surface area contributed by atoms with Crippen molar-refractivity contribution in [3.8, 4) is 5.75 Å². The highest BCUT2D eigenvalue weighted by Gasteiger charge is 2.29. The Balaban J connectivity index is 1.82. The predicted octanol–water partition coefficient (Wildman–Crippen LogP) is 4.97. The molecule has 3 aromatic carbocycles. The quantitative estimate of drug-likeness (QED) is 0.407. The Bertz CT molecular complexity index is 1090. The minimum atomic E-state index is -0.641. The number of benzene rings is 3. The second-order valence-electron chi connectivity index (χ2n) is 7.82. The lowest BCUT2D eigenvalue weighted by Gasteiger charge is -2.31. The molecule has 1 atom stereocenters. The van der Waals surface area contributed by atoms with E-state index < -0.39 is 6.04 Å². The van der Waals surface area contributed by atoms with Gasteiger partial charge in [0, 0.05) is 30.8 Å². The number of carbonyl (C=O) groups is 2. The molecular weight excluding hydrogens is 468 g/mol. The Hall–Kier alpha value is -2.96. The van der Waals surface area contributed by atoms with Gasteiger partial charge in [0.25, 0.3) is 0 Å². The molecule has 178 valence electrons. The van der Waals surface area contributed by atoms with E-state index in [0.717, 1.165) is 16.7 Å². The highest BCUT2D eigenvalue weighted by Crippen LogP contribution is 2.21. The summed E-state index contributed by atoms with van der Waals surface area (Å²) in [6.45, 7) is 0.304. The topological polar surface area (TPSA) is 58.6 Å². The lowest BCUT2D eigenvalue weighted by atomic mass is 10.0. The second-order valence-corrected chi connectivity index (χ2v) is 9.24. The molecule has 0 spiro atoms. The maximum absolute atomic E-state index is 13.5. The maximum Gasteiger partial charge on any atom is 0.242 e. The standard InChI is InChI=1S/C27H29ClN2O3S/c1-29-27(32)25(16-20-8-4-3-5-9-20)30(17-21-10-7-13-24(15-21)33-2)26(31)19-34-18-22-11-6-12-23(28)14-22/h3-15,25H,16-19H2,1-2H3,(H,29,32)/t25-/m0/s1. The van der Waals surface area contributed by atoms with Crippen LogP contribution in [0.25, 0.3) is 0 Å². The van der Waals surface area contributed by atoms with Gasteiger partial charge in [-0.1, -0.05) is 66.2 Å². The van der Waals surface area contributed by atoms with E-state index in [1.807, 2.05) is 78.9 Å². The molecule has 0 aliphatic carbocycles. The summed E-state index contributed by atoms with van der Waals surface area (Å²) >= 11 is 7.59. The molecule has 0 aromatic heterocycles. The number of amides is 2. The Kier molecular flexibility index (Phi) is 9.86. The van der Waals surface area contributed by atoms with Crippen molar-refractivity contribution < 1.29 is 14.3 Å². The first-order valence-electron chi connectivity index (χ1n) is 11.0. The van der Waals surface area contributed by atoms with Gasteiger partial charge in [-0.3, -0.25) is 9.59 Å². The number of rotatable bonds is 11. The van der Waals surface area contributed by atoms with Gasteiger partial charge < -0.3 is 15.0 Å². The number of ether oxygens (including phenoxy) is 1. The van der Waals surface area contributed by atoms with Crippen LogP contribution in [0.15, 0.2) is 78.9 Å². The zero-order valence-electron chi connectivity index (χ0n) is 19.4. The van der Waals surface area contributed by atoms with Crippen LogP contribution in [0.4, 0.5) is 0 Å². The number of likely N-dealkylation sites (N-methyl/N-ethyl adjacent to an activating group) is 1. The van der Waals surface area contributed by atoms with Gasteiger partial charge in [0.05, 0.1) is 12.9 Å². The number of nitrogens with zero attached hydrogens (tertiary/aromatic N) is 1. The van der Waals surface area contributed by atoms with Gasteiger partial charge in [-0.05, 0) is 41.0 Å². The van der Waals surface area contributed by atoms with E-state index in [1.165, 1.54) is 11.8 Å². The SMILES string of the molecule is CNC(=O)[C@H](Cc1ccccc1)N(Cc1cccc(OC)c1)C(=O)CSCc1cccc(Cl)c1. The molecule has 1 N–H and O–H groups in total. The van der Waals surface area contributed by atoms with Crippen LogP contribution in [-0.4, -0.2) is 42.7 Å². The van der Waals surface area contributed by atoms with Crippen molar-refractivity contribution in [2.24, 2.45) is 0 Å². The van der Waals surface area contributed by atoms with Crippen LogP contribution in [0, 0.1) is 0 Å². The minimum absolute atomic E-state index is 0.0978. The molecular formula is C27H29ClN2O3S. The van der Waals surface area contributed by atoms with Crippen molar-refractivity contribution in [3.63, 3.8) is 0 Å². The van der Waals surface area contributed by atoms with Crippen LogP contribution in [0.5, 0.6) is 5.75 Å². The second kappa shape index (κ2) is 13.1. The normalized spacial score (nSPS) is 11.5. The molecule has 3 aromatic rings. The number of halogens is 1. The summed E-state index contributed by atoms with van der Waals surface area (Å²) in [6, 6.07) is 24.3. The minimum Gasteiger partial charge on any atom is -0.497 e. The molecule has 0 saturated heterocycles. The van der Waals surface area contributed by atoms with Crippen LogP contribution in [-0.2, 0) is 28.3 Å². The molecule has 5 nitrogen and oxygen atoms in total. The molecule has 0 bridgehead atoms. The van der Waals surface area contributed by atoms with Gasteiger partial charge >= 0.3 is 0 Å². The monoisotopic (exact) mass is 496 g/mol. The Morgan fingerprint density at radius 3 is 2.38 bits per heavy atom. The van der Waals surface area contributed by atoms with Crippen molar-refractivity contribution >= 4 is 35.2 Å². The average Bonchev–Trinajstić information content (AvgIpc) is 2.86. The first kappa shape index (κ1) is 25.7. The predicted molar refractivity (Wildman–Crippen MR) is 139 cm³/mol. The van der Waals surface area contributed by atoms with Gasteiger partial charge in [-0.25, -0.2) is 0 Å². The molecule has 34 heavy (non-hydrogen) atoms. The zero-order valence-corrected chi connectivity index (χ0v) is 20.9. The van der Waals surface area contributed by atoms with E-state index in [-0.39, 0.29) is 17.6 Å². The number of methoxy groups -OCH3 is 1. The van der Waals surface area contributed by atoms with Crippen LogP contribution in [0.1, 0.15) is 16.7 Å². The molecule has 0 unspecified atom stereocenters. The van der Waals surface area contributed by atoms with Crippen LogP contribution < -0.4 is 10.1 Å². The summed E-state index contributed by atoms with van der Waals surface area (Å²) in [6.07, 6.45) is 0.426. The number of carbonyl (C=O) groups excluding carboxylic acids is 2. The van der Waals surface area contributed by atoms with Crippen molar-refractivity contribution in [3.05, 3.63) is 101 Å². The van der Waals surface area contributed by atoms with Gasteiger partial charge in [0.15, 0.2) is 0 Å². The number of hydrogen-bond donors (Lipinski definition) is 1. The molecule has 7 heteroatoms. The molecule has 0 radical (unpaired) electrons. The lowest BCUT2D eigenvalue weighted by molar-refractivity contribution is -0.139. The summed E-state index contributed by atoms with van der Waals surface area (Å²) in [5, 5.41) is 3.41. The Morgan fingerprint density at radius 1 is 0.971 bits per heavy atom. The number of nitrogens with one attached hydrogen (secondary N) is 1. The van der Waals surface area contributed by atoms with Crippen LogP contribution in [0.2, 0.25) is 5.02 Å². The van der Waals surface area contributed by atoms with Crippen molar-refractivity contribution in [1.29, 1.82) is 0 Å². The third kappa shape index (κ3) is 7.54. The Morgan fingerprint density at radius 2 is 1.68 bits per heavy atom. The fourth-order valence-electron chi connectivity index (χ4n) is 3.65. The largest absolute Gasteiger partial charge is 0.497 e. The third-order valence-corrected chi connectivity index (χ3v) is 6.61. The summed E-state index contributed by atoms with van der Waals surface area (Å²) in [7, 11) is 3.21. The van der Waals surface area contributed by atoms with E-state index in [4.69, 9.17) is 16.3 Å². The van der Waals surface area contributed by atoms with E-state index in [0.29, 0.717) is 29.5 Å². The molecule has 2 amide bonds. The fraction of sp³-hybridized carbons (Fsp3) is 0.259. The molecule has 3 rings (SSSR count). The highest BCUT2D eigenvalue weighted by atomic mass is 35.5. The van der Waals surface area contributed by atoms with E-state index in [9.17, 15) is 9.59 Å². The average molecular weight is 497 g/mol. The summed E-state index contributed by atoms with van der Waals surface area (Å²) < 4.78 is 5.35. The summed E-state index contributed by atoms with van der Waals surface area (Å²) in [5.41, 5.74) is 2.94. The molecule has 0 saturated carbocycles. The molecule has 0 heterocycles. The number of hydrogen-bond acceptors (Lipinski definition) is 4. The maximum atomic E-state index is 13.5. The Labute approximate surface area is 210 Å². The van der Waals surface area contributed by atoms with Gasteiger partial charge in [0.1, 0.15) is 11.8 Å². The van der Waals surface area contributed by atoms with Crippen LogP contribution >= 0.6 is 23.4 Å². The third-order valence-electron chi connectivity index (χ3n) is 5.39. The summed E-state index contributed by atoms with van der Waals surface area (Å²) in [5.74, 6) is 1.32. The van der Waals surface area contributed by atoms with E-state index >= 15 is 0 Å². The fourth-order valence-corrected chi connectivity index (χ4v) is 4.72. The van der Waals surface area contributed by atoms with Gasteiger partial charge in [0.2, 0.25) is 11.8 Å². The first-order chi connectivity index (χ1) is 16.5. The van der Waals surface area contributed by atoms with Gasteiger partial charge in [-0.2, -0.15) is 0 Å². The van der Waals surface area contributed by atoms with Crippen LogP contribution in [0.3, 0.4) is 0 Å². The zero-order chi connectivity index (χ0) is 24.3. The van der Waals surface area contributed by atoms with E-state index in [1.54, 1.807) is 19.1 Å². The van der Waals surface area contributed by atoms with Crippen molar-refractivity contribution in [2.75, 3.05) is 19.9 Å². The highest BCUT2D eigenvalue weighted by molar-refractivity contribution is 7.99. The van der Waals surface area contributed by atoms with Crippen molar-refractivity contribution in [2.45, 2.75) is 24.8 Å². The van der Waals surface area contributed by atoms with Gasteiger partial charge in [-0.15, -0.1) is 11.8 Å². The lowest BCUT2D eigenvalue weighted by Crippen LogP contribution is -2.50. The smallest absolute Gasteiger partial charge is 0.242 e. The van der Waals surface area contributed by atoms with Crippen molar-refractivity contribution in [1.82, 2.24) is 10.2 Å². The van der Waals surface area contributed by atoms with E-state index in [2.05, 4.69) is 5.32 Å². The first-order valence-corrected chi connectivity index (χ1v) is 12.5. The summed E-state index contributed by atoms with van der Waals surface area (Å²) in [4.78, 5) is 28.1.